The molecule has 0 atom stereocenters. The van der Waals surface area contributed by atoms with Gasteiger partial charge in [0.15, 0.2) is 0 Å². The van der Waals surface area contributed by atoms with Crippen molar-refractivity contribution in [3.8, 4) is 0 Å². The lowest BCUT2D eigenvalue weighted by Gasteiger charge is -2.02. The van der Waals surface area contributed by atoms with Crippen LogP contribution < -0.4 is 5.69 Å². The molecule has 2 rings (SSSR count). The number of carbonyl (C=O) groups is 1. The van der Waals surface area contributed by atoms with E-state index in [9.17, 15) is 9.59 Å². The van der Waals surface area contributed by atoms with Crippen LogP contribution in [0.5, 0.6) is 0 Å². The number of ether oxygens (including phenoxy) is 1. The number of halogens is 2. The lowest BCUT2D eigenvalue weighted by atomic mass is 10.3. The van der Waals surface area contributed by atoms with Gasteiger partial charge in [-0.2, -0.15) is 4.57 Å². The third-order valence-electron chi connectivity index (χ3n) is 2.55. The number of aromatic nitrogens is 2. The number of hydrogen-bond acceptors (Lipinski definition) is 3. The molecule has 96 valence electrons. The molecule has 2 aromatic rings. The van der Waals surface area contributed by atoms with Crippen molar-refractivity contribution >= 4 is 40.3 Å². The van der Waals surface area contributed by atoms with Crippen LogP contribution >= 0.6 is 23.2 Å². The van der Waals surface area contributed by atoms with Crippen molar-refractivity contribution in [1.29, 1.82) is 0 Å². The molecule has 0 bridgehead atoms. The summed E-state index contributed by atoms with van der Waals surface area (Å²) in [6, 6.07) is 3.01. The van der Waals surface area contributed by atoms with Crippen molar-refractivity contribution in [2.75, 3.05) is 6.61 Å². The molecule has 0 saturated carbocycles. The Balaban J connectivity index is 2.81. The van der Waals surface area contributed by atoms with E-state index in [2.05, 4.69) is 0 Å². The van der Waals surface area contributed by atoms with Crippen LogP contribution in [0.2, 0.25) is 10.0 Å². The van der Waals surface area contributed by atoms with Crippen LogP contribution in [0.15, 0.2) is 16.9 Å². The molecule has 0 spiro atoms. The van der Waals surface area contributed by atoms with E-state index in [0.29, 0.717) is 16.1 Å². The van der Waals surface area contributed by atoms with Gasteiger partial charge in [0.1, 0.15) is 0 Å². The van der Waals surface area contributed by atoms with Gasteiger partial charge in [0.05, 0.1) is 27.7 Å². The summed E-state index contributed by atoms with van der Waals surface area (Å²) in [5.74, 6) is 0. The molecule has 0 aliphatic carbocycles. The number of fused-ring (bicyclic) bond motifs is 1. The largest absolute Gasteiger partial charge is 0.449 e. The van der Waals surface area contributed by atoms with E-state index >= 15 is 0 Å². The van der Waals surface area contributed by atoms with Gasteiger partial charge in [0, 0.05) is 7.05 Å². The topological polar surface area (TPSA) is 53.2 Å². The van der Waals surface area contributed by atoms with Gasteiger partial charge in [-0.3, -0.25) is 4.57 Å². The summed E-state index contributed by atoms with van der Waals surface area (Å²) in [7, 11) is 1.55. The zero-order chi connectivity index (χ0) is 13.4. The van der Waals surface area contributed by atoms with Gasteiger partial charge in [-0.15, -0.1) is 0 Å². The molecule has 18 heavy (non-hydrogen) atoms. The summed E-state index contributed by atoms with van der Waals surface area (Å²) in [6.07, 6.45) is -0.730. The second-order valence-electron chi connectivity index (χ2n) is 3.63. The summed E-state index contributed by atoms with van der Waals surface area (Å²) < 4.78 is 7.08. The standard InChI is InChI=1S/C11H10Cl2N2O3/c1-3-18-11(17)15-9-5-7(13)6(12)4-8(9)14(2)10(15)16/h4-5H,3H2,1-2H3. The Hall–Kier alpha value is -1.46. The summed E-state index contributed by atoms with van der Waals surface area (Å²) in [4.78, 5) is 23.7. The van der Waals surface area contributed by atoms with E-state index in [1.807, 2.05) is 0 Å². The highest BCUT2D eigenvalue weighted by atomic mass is 35.5. The van der Waals surface area contributed by atoms with Gasteiger partial charge < -0.3 is 4.74 Å². The molecule has 0 aliphatic rings. The van der Waals surface area contributed by atoms with Gasteiger partial charge in [-0.1, -0.05) is 23.2 Å². The fraction of sp³-hybridized carbons (Fsp3) is 0.273. The quantitative estimate of drug-likeness (QED) is 0.811. The van der Waals surface area contributed by atoms with Crippen molar-refractivity contribution in [2.24, 2.45) is 7.05 Å². The zero-order valence-electron chi connectivity index (χ0n) is 9.74. The summed E-state index contributed by atoms with van der Waals surface area (Å²) >= 11 is 11.8. The maximum absolute atomic E-state index is 12.0. The number of nitrogens with zero attached hydrogens (tertiary/aromatic N) is 2. The Morgan fingerprint density at radius 2 is 1.83 bits per heavy atom. The predicted molar refractivity (Wildman–Crippen MR) is 69.6 cm³/mol. The molecule has 1 aromatic carbocycles. The first-order valence-electron chi connectivity index (χ1n) is 5.21. The maximum atomic E-state index is 12.0. The van der Waals surface area contributed by atoms with Crippen LogP contribution in [0.3, 0.4) is 0 Å². The first-order valence-corrected chi connectivity index (χ1v) is 5.96. The van der Waals surface area contributed by atoms with Crippen molar-refractivity contribution in [1.82, 2.24) is 9.13 Å². The molecule has 1 aromatic heterocycles. The molecule has 1 heterocycles. The molecule has 0 saturated heterocycles. The smallest absolute Gasteiger partial charge is 0.422 e. The molecule has 0 N–H and O–H groups in total. The van der Waals surface area contributed by atoms with Crippen molar-refractivity contribution in [3.05, 3.63) is 32.7 Å². The number of carbonyl (C=O) groups excluding carboxylic acids is 1. The molecule has 5 nitrogen and oxygen atoms in total. The minimum atomic E-state index is -0.730. The number of aryl methyl sites for hydroxylation is 1. The van der Waals surface area contributed by atoms with E-state index in [0.717, 1.165) is 4.57 Å². The van der Waals surface area contributed by atoms with Crippen molar-refractivity contribution in [3.63, 3.8) is 0 Å². The van der Waals surface area contributed by atoms with Crippen LogP contribution in [-0.2, 0) is 11.8 Å². The van der Waals surface area contributed by atoms with Crippen LogP contribution in [0.4, 0.5) is 4.79 Å². The molecular formula is C11H10Cl2N2O3. The molecule has 7 heteroatoms. The van der Waals surface area contributed by atoms with Crippen LogP contribution in [0.25, 0.3) is 11.0 Å². The zero-order valence-corrected chi connectivity index (χ0v) is 11.2. The van der Waals surface area contributed by atoms with E-state index in [1.54, 1.807) is 14.0 Å². The normalized spacial score (nSPS) is 10.9. The molecule has 0 amide bonds. The number of imidazole rings is 1. The van der Waals surface area contributed by atoms with E-state index in [-0.39, 0.29) is 11.6 Å². The lowest BCUT2D eigenvalue weighted by molar-refractivity contribution is 0.154. The number of hydrogen-bond donors (Lipinski definition) is 0. The summed E-state index contributed by atoms with van der Waals surface area (Å²) in [6.45, 7) is 1.85. The Morgan fingerprint density at radius 3 is 2.39 bits per heavy atom. The monoisotopic (exact) mass is 288 g/mol. The maximum Gasteiger partial charge on any atom is 0.422 e. The molecular weight excluding hydrogens is 279 g/mol. The highest BCUT2D eigenvalue weighted by Crippen LogP contribution is 2.27. The summed E-state index contributed by atoms with van der Waals surface area (Å²) in [5, 5.41) is 0.591. The number of benzene rings is 1. The highest BCUT2D eigenvalue weighted by Gasteiger charge is 2.18. The van der Waals surface area contributed by atoms with Gasteiger partial charge in [0.2, 0.25) is 0 Å². The fourth-order valence-corrected chi connectivity index (χ4v) is 2.01. The van der Waals surface area contributed by atoms with Crippen molar-refractivity contribution in [2.45, 2.75) is 6.92 Å². The third-order valence-corrected chi connectivity index (χ3v) is 3.27. The van der Waals surface area contributed by atoms with Crippen LogP contribution in [0, 0.1) is 0 Å². The van der Waals surface area contributed by atoms with Crippen LogP contribution in [-0.4, -0.2) is 21.8 Å². The molecule has 0 unspecified atom stereocenters. The lowest BCUT2D eigenvalue weighted by Crippen LogP contribution is -2.28. The van der Waals surface area contributed by atoms with Gasteiger partial charge in [-0.05, 0) is 19.1 Å². The van der Waals surface area contributed by atoms with Gasteiger partial charge in [0.25, 0.3) is 0 Å². The first-order chi connectivity index (χ1) is 8.47. The second kappa shape index (κ2) is 4.66. The highest BCUT2D eigenvalue weighted by molar-refractivity contribution is 6.42. The average molecular weight is 289 g/mol. The fourth-order valence-electron chi connectivity index (χ4n) is 1.69. The SMILES string of the molecule is CCOC(=O)n1c(=O)n(C)c2cc(Cl)c(Cl)cc21. The predicted octanol–water partition coefficient (Wildman–Crippen LogP) is 2.65. The Kier molecular flexibility index (Phi) is 3.36. The first kappa shape index (κ1) is 13.0. The minimum Gasteiger partial charge on any atom is -0.449 e. The second-order valence-corrected chi connectivity index (χ2v) is 4.45. The van der Waals surface area contributed by atoms with Gasteiger partial charge >= 0.3 is 11.8 Å². The Morgan fingerprint density at radius 1 is 1.28 bits per heavy atom. The molecule has 0 fully saturated rings. The van der Waals surface area contributed by atoms with Crippen molar-refractivity contribution < 1.29 is 9.53 Å². The Labute approximate surface area is 112 Å². The van der Waals surface area contributed by atoms with Gasteiger partial charge in [-0.25, -0.2) is 9.59 Å². The summed E-state index contributed by atoms with van der Waals surface area (Å²) in [5.41, 5.74) is 0.389. The van der Waals surface area contributed by atoms with E-state index in [1.165, 1.54) is 16.7 Å². The van der Waals surface area contributed by atoms with E-state index < -0.39 is 11.8 Å². The van der Waals surface area contributed by atoms with Crippen LogP contribution in [0.1, 0.15) is 6.92 Å². The Bertz CT molecular complexity index is 688. The van der Waals surface area contributed by atoms with E-state index in [4.69, 9.17) is 27.9 Å². The molecule has 0 aliphatic heterocycles. The molecule has 0 radical (unpaired) electrons. The minimum absolute atomic E-state index is 0.184. The number of rotatable bonds is 1. The average Bonchev–Trinajstić information content (AvgIpc) is 2.54. The third kappa shape index (κ3) is 1.89.